The van der Waals surface area contributed by atoms with E-state index in [9.17, 15) is 9.18 Å². The molecule has 0 spiro atoms. The summed E-state index contributed by atoms with van der Waals surface area (Å²) in [6.45, 7) is 1.30. The fourth-order valence-electron chi connectivity index (χ4n) is 3.61. The van der Waals surface area contributed by atoms with E-state index >= 15 is 0 Å². The van der Waals surface area contributed by atoms with Crippen molar-refractivity contribution in [3.8, 4) is 10.6 Å². The maximum absolute atomic E-state index is 14.1. The van der Waals surface area contributed by atoms with Crippen LogP contribution in [0, 0.1) is 5.82 Å². The highest BCUT2D eigenvalue weighted by molar-refractivity contribution is 7.20. The molecule has 3 heterocycles. The van der Waals surface area contributed by atoms with Crippen molar-refractivity contribution in [2.45, 2.75) is 18.8 Å². The minimum absolute atomic E-state index is 0.0326. The zero-order valence-corrected chi connectivity index (χ0v) is 17.0. The highest BCUT2D eigenvalue weighted by Crippen LogP contribution is 2.34. The lowest BCUT2D eigenvalue weighted by atomic mass is 9.99. The lowest BCUT2D eigenvalue weighted by Gasteiger charge is -2.31. The van der Waals surface area contributed by atoms with E-state index in [0.29, 0.717) is 28.7 Å². The van der Waals surface area contributed by atoms with Gasteiger partial charge in [0.05, 0.1) is 10.2 Å². The molecule has 146 valence electrons. The molecule has 29 heavy (non-hydrogen) atoms. The van der Waals surface area contributed by atoms with E-state index in [-0.39, 0.29) is 17.6 Å². The summed E-state index contributed by atoms with van der Waals surface area (Å²) in [5, 5.41) is 10.5. The number of para-hydroxylation sites is 1. The van der Waals surface area contributed by atoms with Gasteiger partial charge in [0.1, 0.15) is 10.8 Å². The van der Waals surface area contributed by atoms with Crippen molar-refractivity contribution in [2.24, 2.45) is 0 Å². The van der Waals surface area contributed by atoms with Crippen molar-refractivity contribution in [3.05, 3.63) is 64.4 Å². The Morgan fingerprint density at radius 3 is 2.76 bits per heavy atom. The molecule has 0 radical (unpaired) electrons. The molecule has 1 aliphatic heterocycles. The number of rotatable bonds is 3. The molecule has 5 rings (SSSR count). The zero-order valence-electron chi connectivity index (χ0n) is 15.4. The van der Waals surface area contributed by atoms with Crippen molar-refractivity contribution >= 4 is 38.8 Å². The Kier molecular flexibility index (Phi) is 4.81. The van der Waals surface area contributed by atoms with Gasteiger partial charge in [0.2, 0.25) is 0 Å². The Balaban J connectivity index is 1.35. The number of benzene rings is 2. The molecule has 2 aromatic carbocycles. The Morgan fingerprint density at radius 2 is 1.90 bits per heavy atom. The van der Waals surface area contributed by atoms with Gasteiger partial charge in [-0.1, -0.05) is 35.6 Å². The first kappa shape index (κ1) is 18.3. The van der Waals surface area contributed by atoms with Gasteiger partial charge < -0.3 is 4.90 Å². The highest BCUT2D eigenvalue weighted by Gasteiger charge is 2.29. The van der Waals surface area contributed by atoms with Gasteiger partial charge in [-0.3, -0.25) is 4.79 Å². The van der Waals surface area contributed by atoms with E-state index in [4.69, 9.17) is 0 Å². The maximum atomic E-state index is 14.1. The van der Waals surface area contributed by atoms with E-state index in [0.717, 1.165) is 28.1 Å². The SMILES string of the molecule is O=C(c1nc2ccccc2s1)N1CCC[C@@H](c2nnc(-c3ccccc3F)s2)C1. The molecule has 0 saturated carbocycles. The van der Waals surface area contributed by atoms with Crippen molar-refractivity contribution in [2.75, 3.05) is 13.1 Å². The van der Waals surface area contributed by atoms with E-state index in [1.807, 2.05) is 29.2 Å². The molecular weight excluding hydrogens is 407 g/mol. The minimum atomic E-state index is -0.300. The second-order valence-corrected chi connectivity index (χ2v) is 9.04. The largest absolute Gasteiger partial charge is 0.336 e. The Morgan fingerprint density at radius 1 is 1.07 bits per heavy atom. The predicted molar refractivity (Wildman–Crippen MR) is 113 cm³/mol. The Hall–Kier alpha value is -2.71. The third kappa shape index (κ3) is 3.54. The average Bonchev–Trinajstić information content (AvgIpc) is 3.41. The maximum Gasteiger partial charge on any atom is 0.282 e. The summed E-state index contributed by atoms with van der Waals surface area (Å²) < 4.78 is 15.1. The van der Waals surface area contributed by atoms with Gasteiger partial charge in [-0.05, 0) is 37.1 Å². The standard InChI is InChI=1S/C21H17FN4OS2/c22-15-8-2-1-7-14(15)19-25-24-18(29-19)13-6-5-11-26(12-13)21(27)20-23-16-9-3-4-10-17(16)28-20/h1-4,7-10,13H,5-6,11-12H2/t13-/m1/s1. The molecule has 5 nitrogen and oxygen atoms in total. The van der Waals surface area contributed by atoms with Crippen LogP contribution in [-0.2, 0) is 0 Å². The molecule has 0 unspecified atom stereocenters. The van der Waals surface area contributed by atoms with Crippen molar-refractivity contribution in [1.82, 2.24) is 20.1 Å². The monoisotopic (exact) mass is 424 g/mol. The molecule has 1 atom stereocenters. The fraction of sp³-hybridized carbons (Fsp3) is 0.238. The van der Waals surface area contributed by atoms with Gasteiger partial charge in [0.15, 0.2) is 10.0 Å². The van der Waals surface area contributed by atoms with Crippen LogP contribution < -0.4 is 0 Å². The molecule has 1 amide bonds. The lowest BCUT2D eigenvalue weighted by molar-refractivity contribution is 0.0706. The summed E-state index contributed by atoms with van der Waals surface area (Å²) in [6.07, 6.45) is 1.84. The van der Waals surface area contributed by atoms with E-state index in [1.54, 1.807) is 18.2 Å². The molecule has 0 N–H and O–H groups in total. The predicted octanol–water partition coefficient (Wildman–Crippen LogP) is 4.97. The van der Waals surface area contributed by atoms with Crippen molar-refractivity contribution in [3.63, 3.8) is 0 Å². The first-order valence-electron chi connectivity index (χ1n) is 9.42. The first-order valence-corrected chi connectivity index (χ1v) is 11.1. The van der Waals surface area contributed by atoms with Crippen molar-refractivity contribution < 1.29 is 9.18 Å². The summed E-state index contributed by atoms with van der Waals surface area (Å²) in [5.41, 5.74) is 1.32. The van der Waals surface area contributed by atoms with E-state index < -0.39 is 0 Å². The molecule has 1 saturated heterocycles. The van der Waals surface area contributed by atoms with Crippen LogP contribution in [0.4, 0.5) is 4.39 Å². The molecule has 1 aliphatic rings. The molecule has 0 bridgehead atoms. The number of amides is 1. The Labute approximate surface area is 174 Å². The number of halogens is 1. The molecule has 4 aromatic rings. The third-order valence-electron chi connectivity index (χ3n) is 5.08. The smallest absolute Gasteiger partial charge is 0.282 e. The number of carbonyl (C=O) groups excluding carboxylic acids is 1. The number of hydrogen-bond donors (Lipinski definition) is 0. The second-order valence-electron chi connectivity index (χ2n) is 7.00. The van der Waals surface area contributed by atoms with Crippen LogP contribution in [0.3, 0.4) is 0 Å². The van der Waals surface area contributed by atoms with Crippen LogP contribution in [0.2, 0.25) is 0 Å². The second kappa shape index (κ2) is 7.61. The van der Waals surface area contributed by atoms with Crippen LogP contribution in [0.5, 0.6) is 0 Å². The van der Waals surface area contributed by atoms with E-state index in [2.05, 4.69) is 15.2 Å². The zero-order chi connectivity index (χ0) is 19.8. The third-order valence-corrected chi connectivity index (χ3v) is 7.22. The van der Waals surface area contributed by atoms with Gasteiger partial charge in [-0.15, -0.1) is 21.5 Å². The summed E-state index contributed by atoms with van der Waals surface area (Å²) in [4.78, 5) is 19.4. The summed E-state index contributed by atoms with van der Waals surface area (Å²) in [6, 6.07) is 14.4. The van der Waals surface area contributed by atoms with Gasteiger partial charge in [-0.2, -0.15) is 0 Å². The topological polar surface area (TPSA) is 59.0 Å². The average molecular weight is 425 g/mol. The molecule has 8 heteroatoms. The number of thiazole rings is 1. The van der Waals surface area contributed by atoms with Crippen molar-refractivity contribution in [1.29, 1.82) is 0 Å². The number of likely N-dealkylation sites (tertiary alicyclic amines) is 1. The van der Waals surface area contributed by atoms with Crippen LogP contribution >= 0.6 is 22.7 Å². The number of nitrogens with zero attached hydrogens (tertiary/aromatic N) is 4. The normalized spacial score (nSPS) is 17.0. The summed E-state index contributed by atoms with van der Waals surface area (Å²) >= 11 is 2.84. The molecular formula is C21H17FN4OS2. The van der Waals surface area contributed by atoms with Crippen LogP contribution in [0.1, 0.15) is 33.6 Å². The lowest BCUT2D eigenvalue weighted by Crippen LogP contribution is -2.39. The molecule has 1 fully saturated rings. The van der Waals surface area contributed by atoms with Crippen LogP contribution in [0.15, 0.2) is 48.5 Å². The Bertz CT molecular complexity index is 1160. The number of carbonyl (C=O) groups is 1. The number of hydrogen-bond acceptors (Lipinski definition) is 6. The number of piperidine rings is 1. The number of aromatic nitrogens is 3. The highest BCUT2D eigenvalue weighted by atomic mass is 32.1. The number of fused-ring (bicyclic) bond motifs is 1. The first-order chi connectivity index (χ1) is 14.2. The van der Waals surface area contributed by atoms with Gasteiger partial charge in [0.25, 0.3) is 5.91 Å². The summed E-state index contributed by atoms with van der Waals surface area (Å²) in [5.74, 6) is -0.221. The quantitative estimate of drug-likeness (QED) is 0.466. The minimum Gasteiger partial charge on any atom is -0.336 e. The van der Waals surface area contributed by atoms with Gasteiger partial charge in [-0.25, -0.2) is 9.37 Å². The van der Waals surface area contributed by atoms with Gasteiger partial charge >= 0.3 is 0 Å². The van der Waals surface area contributed by atoms with Gasteiger partial charge in [0, 0.05) is 24.6 Å². The van der Waals surface area contributed by atoms with E-state index in [1.165, 1.54) is 28.7 Å². The fourth-order valence-corrected chi connectivity index (χ4v) is 5.53. The van der Waals surface area contributed by atoms with Crippen LogP contribution in [0.25, 0.3) is 20.8 Å². The molecule has 0 aliphatic carbocycles. The van der Waals surface area contributed by atoms with Crippen LogP contribution in [-0.4, -0.2) is 39.1 Å². The molecule has 2 aromatic heterocycles. The summed E-state index contributed by atoms with van der Waals surface area (Å²) in [7, 11) is 0.